The van der Waals surface area contributed by atoms with E-state index in [-0.39, 0.29) is 11.5 Å². The number of carboxylic acid groups (broad SMARTS) is 1. The molecule has 0 spiro atoms. The highest BCUT2D eigenvalue weighted by Gasteiger charge is 2.13. The van der Waals surface area contributed by atoms with Crippen LogP contribution in [0.15, 0.2) is 41.2 Å². The van der Waals surface area contributed by atoms with Crippen molar-refractivity contribution in [2.75, 3.05) is 11.9 Å². The van der Waals surface area contributed by atoms with Crippen LogP contribution in [0.4, 0.5) is 10.7 Å². The Kier molecular flexibility index (Phi) is 5.59. The van der Waals surface area contributed by atoms with Crippen molar-refractivity contribution < 1.29 is 14.6 Å². The number of imidazole rings is 1. The van der Waals surface area contributed by atoms with Gasteiger partial charge in [-0.05, 0) is 55.2 Å². The quantitative estimate of drug-likeness (QED) is 0.352. The number of ether oxygens (including phenoxy) is 1. The second-order valence-corrected chi connectivity index (χ2v) is 8.00. The van der Waals surface area contributed by atoms with E-state index in [1.165, 1.54) is 0 Å². The van der Waals surface area contributed by atoms with E-state index >= 15 is 0 Å². The summed E-state index contributed by atoms with van der Waals surface area (Å²) in [6.45, 7) is 2.45. The van der Waals surface area contributed by atoms with Crippen LogP contribution in [-0.4, -0.2) is 38.0 Å². The van der Waals surface area contributed by atoms with Gasteiger partial charge < -0.3 is 14.8 Å². The van der Waals surface area contributed by atoms with Gasteiger partial charge in [-0.3, -0.25) is 10.1 Å². The van der Waals surface area contributed by atoms with Crippen LogP contribution in [-0.2, 0) is 6.42 Å². The highest BCUT2D eigenvalue weighted by atomic mass is 16.5. The molecule has 0 aliphatic heterocycles. The van der Waals surface area contributed by atoms with Gasteiger partial charge in [0.05, 0.1) is 23.3 Å². The van der Waals surface area contributed by atoms with E-state index in [1.807, 2.05) is 43.3 Å². The smallest absolute Gasteiger partial charge is 0.411 e. The third-order valence-corrected chi connectivity index (χ3v) is 5.74. The minimum absolute atomic E-state index is 0.161. The lowest BCUT2D eigenvalue weighted by molar-refractivity contribution is 0.209. The molecular formula is C25H23N5O4. The van der Waals surface area contributed by atoms with E-state index in [4.69, 9.17) is 9.84 Å². The molecule has 9 heteroatoms. The number of hydrogen-bond acceptors (Lipinski definition) is 5. The molecule has 1 amide bonds. The maximum Gasteiger partial charge on any atom is 0.411 e. The van der Waals surface area contributed by atoms with Gasteiger partial charge in [0, 0.05) is 22.4 Å². The maximum atomic E-state index is 12.2. The zero-order chi connectivity index (χ0) is 23.7. The number of benzene rings is 2. The molecule has 0 atom stereocenters. The zero-order valence-electron chi connectivity index (χ0n) is 18.5. The number of amides is 1. The van der Waals surface area contributed by atoms with Crippen LogP contribution < -0.4 is 26.1 Å². The van der Waals surface area contributed by atoms with Crippen LogP contribution in [0.1, 0.15) is 31.0 Å². The molecule has 4 aromatic rings. The first-order valence-corrected chi connectivity index (χ1v) is 11.1. The van der Waals surface area contributed by atoms with Crippen LogP contribution in [0.2, 0.25) is 0 Å². The fraction of sp³-hybridized carbons (Fsp3) is 0.200. The molecule has 0 saturated heterocycles. The van der Waals surface area contributed by atoms with Crippen LogP contribution >= 0.6 is 0 Å². The number of nitrogens with one attached hydrogen (secondary N) is 3. The van der Waals surface area contributed by atoms with Gasteiger partial charge in [-0.15, -0.1) is 0 Å². The Morgan fingerprint density at radius 3 is 2.76 bits per heavy atom. The van der Waals surface area contributed by atoms with Crippen LogP contribution in [0.3, 0.4) is 0 Å². The molecule has 172 valence electrons. The second kappa shape index (κ2) is 8.86. The normalized spacial score (nSPS) is 12.5. The van der Waals surface area contributed by atoms with Crippen molar-refractivity contribution in [2.45, 2.75) is 26.2 Å². The lowest BCUT2D eigenvalue weighted by Gasteiger charge is -2.13. The van der Waals surface area contributed by atoms with Crippen molar-refractivity contribution in [2.24, 2.45) is 0 Å². The van der Waals surface area contributed by atoms with Gasteiger partial charge in [0.2, 0.25) is 5.95 Å². The van der Waals surface area contributed by atoms with Gasteiger partial charge in [-0.2, -0.15) is 5.10 Å². The van der Waals surface area contributed by atoms with Crippen LogP contribution in [0.25, 0.3) is 34.3 Å². The van der Waals surface area contributed by atoms with Crippen molar-refractivity contribution >= 4 is 35.2 Å². The molecule has 0 bridgehead atoms. The maximum absolute atomic E-state index is 12.2. The molecule has 5 rings (SSSR count). The highest BCUT2D eigenvalue weighted by Crippen LogP contribution is 2.33. The molecule has 2 aromatic carbocycles. The van der Waals surface area contributed by atoms with Gasteiger partial charge in [0.15, 0.2) is 0 Å². The third kappa shape index (κ3) is 4.15. The van der Waals surface area contributed by atoms with Crippen molar-refractivity contribution in [1.82, 2.24) is 20.2 Å². The Morgan fingerprint density at radius 2 is 1.97 bits per heavy atom. The van der Waals surface area contributed by atoms with Gasteiger partial charge in [0.1, 0.15) is 5.75 Å². The van der Waals surface area contributed by atoms with Crippen LogP contribution in [0, 0.1) is 0 Å². The van der Waals surface area contributed by atoms with E-state index in [0.717, 1.165) is 51.7 Å². The molecule has 2 heterocycles. The number of anilines is 1. The number of hydrogen-bond donors (Lipinski definition) is 4. The molecule has 1 aliphatic rings. The first kappa shape index (κ1) is 21.4. The first-order valence-electron chi connectivity index (χ1n) is 11.1. The average molecular weight is 457 g/mol. The van der Waals surface area contributed by atoms with Crippen molar-refractivity contribution in [1.29, 1.82) is 0 Å². The highest BCUT2D eigenvalue weighted by molar-refractivity contribution is 5.88. The predicted octanol–water partition coefficient (Wildman–Crippen LogP) is 2.75. The summed E-state index contributed by atoms with van der Waals surface area (Å²) in [5.74, 6) is 0.904. The number of aromatic amines is 2. The summed E-state index contributed by atoms with van der Waals surface area (Å²) in [6.07, 6.45) is 5.17. The fourth-order valence-corrected chi connectivity index (χ4v) is 4.26. The summed E-state index contributed by atoms with van der Waals surface area (Å²) in [4.78, 5) is 30.4. The summed E-state index contributed by atoms with van der Waals surface area (Å²) in [7, 11) is 0. The number of rotatable bonds is 6. The lowest BCUT2D eigenvalue weighted by atomic mass is 9.98. The summed E-state index contributed by atoms with van der Waals surface area (Å²) >= 11 is 0. The molecule has 9 nitrogen and oxygen atoms in total. The molecule has 0 radical (unpaired) electrons. The van der Waals surface area contributed by atoms with E-state index in [9.17, 15) is 9.59 Å². The first-order chi connectivity index (χ1) is 16.5. The molecule has 0 saturated carbocycles. The minimum atomic E-state index is -1.18. The van der Waals surface area contributed by atoms with Gasteiger partial charge >= 0.3 is 6.09 Å². The number of carbonyl (C=O) groups is 1. The number of fused-ring (bicyclic) bond motifs is 2. The topological polar surface area (TPSA) is 133 Å². The summed E-state index contributed by atoms with van der Waals surface area (Å²) in [5, 5.41) is 19.7. The Labute approximate surface area is 193 Å². The van der Waals surface area contributed by atoms with Crippen LogP contribution in [0.5, 0.6) is 5.75 Å². The average Bonchev–Trinajstić information content (AvgIpc) is 3.23. The molecule has 34 heavy (non-hydrogen) atoms. The van der Waals surface area contributed by atoms with E-state index in [2.05, 4.69) is 37.6 Å². The largest absolute Gasteiger partial charge is 0.493 e. The monoisotopic (exact) mass is 457 g/mol. The number of nitrogens with zero attached hydrogens (tertiary/aromatic N) is 2. The van der Waals surface area contributed by atoms with Crippen molar-refractivity contribution in [3.05, 3.63) is 68.4 Å². The summed E-state index contributed by atoms with van der Waals surface area (Å²) < 4.78 is 5.88. The summed E-state index contributed by atoms with van der Waals surface area (Å²) in [6, 6.07) is 11.7. The molecule has 0 unspecified atom stereocenters. The Balaban J connectivity index is 1.56. The zero-order valence-corrected chi connectivity index (χ0v) is 18.5. The van der Waals surface area contributed by atoms with Gasteiger partial charge in [-0.1, -0.05) is 24.3 Å². The van der Waals surface area contributed by atoms with E-state index in [0.29, 0.717) is 23.8 Å². The standard InChI is InChI=1S/C25H23N5O4/c1-2-34-22-10-7-14(12-20-16-5-3-4-6-17(16)23(31)30-29-20)11-18(22)15-8-9-19-21(13-15)27-24(26-19)28-25(32)33/h5-11,13H,2-4,12H2,1H3,(H,30,31)(H,32,33)(H2,26,27,28). The minimum Gasteiger partial charge on any atom is -0.493 e. The Bertz CT molecular complexity index is 1590. The summed E-state index contributed by atoms with van der Waals surface area (Å²) in [5.41, 5.74) is 4.83. The van der Waals surface area contributed by atoms with E-state index < -0.39 is 6.09 Å². The van der Waals surface area contributed by atoms with Crippen molar-refractivity contribution in [3.8, 4) is 16.9 Å². The fourth-order valence-electron chi connectivity index (χ4n) is 4.26. The third-order valence-electron chi connectivity index (χ3n) is 5.74. The van der Waals surface area contributed by atoms with Crippen molar-refractivity contribution in [3.63, 3.8) is 0 Å². The Hall–Kier alpha value is -4.40. The Morgan fingerprint density at radius 1 is 1.15 bits per heavy atom. The molecule has 4 N–H and O–H groups in total. The van der Waals surface area contributed by atoms with Gasteiger partial charge in [-0.25, -0.2) is 14.9 Å². The SMILES string of the molecule is CCOc1ccc(Cc2n[nH]c(=O)c3c2=CCCC=3)cc1-c1ccc2[nH]c(NC(=O)O)nc2c1. The molecular weight excluding hydrogens is 434 g/mol. The predicted molar refractivity (Wildman–Crippen MR) is 129 cm³/mol. The molecule has 2 aromatic heterocycles. The number of aromatic nitrogens is 4. The van der Waals surface area contributed by atoms with E-state index in [1.54, 1.807) is 0 Å². The van der Waals surface area contributed by atoms with Gasteiger partial charge in [0.25, 0.3) is 5.56 Å². The lowest BCUT2D eigenvalue weighted by Crippen LogP contribution is -2.45. The second-order valence-electron chi connectivity index (χ2n) is 8.00. The molecule has 1 aliphatic carbocycles. The molecule has 0 fully saturated rings. The number of H-pyrrole nitrogens is 2.